The average Bonchev–Trinajstić information content (AvgIpc) is 2.37. The number of nitrogens with zero attached hydrogens (tertiary/aromatic N) is 1. The third kappa shape index (κ3) is 7.10. The van der Waals surface area contributed by atoms with Gasteiger partial charge in [-0.1, -0.05) is 29.8 Å². The van der Waals surface area contributed by atoms with Crippen LogP contribution in [0.25, 0.3) is 0 Å². The van der Waals surface area contributed by atoms with Crippen molar-refractivity contribution in [2.24, 2.45) is 11.1 Å². The lowest BCUT2D eigenvalue weighted by Gasteiger charge is -2.28. The second kappa shape index (κ2) is 8.48. The molecule has 0 fully saturated rings. The van der Waals surface area contributed by atoms with Crippen molar-refractivity contribution in [3.8, 4) is 0 Å². The highest BCUT2D eigenvalue weighted by Gasteiger charge is 2.20. The van der Waals surface area contributed by atoms with Crippen molar-refractivity contribution in [3.05, 3.63) is 28.7 Å². The van der Waals surface area contributed by atoms with E-state index >= 15 is 0 Å². The summed E-state index contributed by atoms with van der Waals surface area (Å²) in [4.78, 5) is 2.38. The van der Waals surface area contributed by atoms with E-state index in [0.717, 1.165) is 11.0 Å². The van der Waals surface area contributed by atoms with E-state index in [9.17, 15) is 8.42 Å². The third-order valence-electron chi connectivity index (χ3n) is 3.17. The highest BCUT2D eigenvalue weighted by molar-refractivity contribution is 9.10. The van der Waals surface area contributed by atoms with Gasteiger partial charge in [-0.2, -0.15) is 0 Å². The summed E-state index contributed by atoms with van der Waals surface area (Å²) in [5, 5.41) is 0. The van der Waals surface area contributed by atoms with Crippen molar-refractivity contribution >= 4 is 38.2 Å². The Morgan fingerprint density at radius 1 is 1.24 bits per heavy atom. The normalized spacial score (nSPS) is 12.3. The molecule has 0 aliphatic rings. The molecule has 1 rings (SSSR count). The number of sulfone groups is 1. The van der Waals surface area contributed by atoms with E-state index in [1.165, 1.54) is 0 Å². The first-order valence-corrected chi connectivity index (χ1v) is 8.98. The molecule has 0 atom stereocenters. The van der Waals surface area contributed by atoms with E-state index in [0.29, 0.717) is 18.0 Å². The van der Waals surface area contributed by atoms with Gasteiger partial charge in [-0.25, -0.2) is 8.42 Å². The fourth-order valence-electron chi connectivity index (χ4n) is 1.91. The second-order valence-corrected chi connectivity index (χ2v) is 8.90. The zero-order chi connectivity index (χ0) is 15.4. The van der Waals surface area contributed by atoms with E-state index < -0.39 is 9.84 Å². The number of halogens is 2. The molecule has 0 radical (unpaired) electrons. The molecule has 0 saturated heterocycles. The fourth-order valence-corrected chi connectivity index (χ4v) is 3.51. The summed E-state index contributed by atoms with van der Waals surface area (Å²) in [7, 11) is -1.30. The van der Waals surface area contributed by atoms with Gasteiger partial charge in [-0.3, -0.25) is 0 Å². The molecule has 0 spiro atoms. The molecule has 7 heteroatoms. The van der Waals surface area contributed by atoms with Crippen molar-refractivity contribution < 1.29 is 8.42 Å². The van der Waals surface area contributed by atoms with Gasteiger partial charge in [0.15, 0.2) is 9.84 Å². The number of rotatable bonds is 7. The topological polar surface area (TPSA) is 63.4 Å². The molecule has 0 unspecified atom stereocenters. The smallest absolute Gasteiger partial charge is 0.179 e. The fraction of sp³-hybridized carbons (Fsp3) is 0.571. The summed E-state index contributed by atoms with van der Waals surface area (Å²) in [6.07, 6.45) is 0. The number of nitrogens with two attached hydrogens (primary N) is 1. The van der Waals surface area contributed by atoms with Crippen molar-refractivity contribution in [1.29, 1.82) is 0 Å². The molecule has 1 aromatic carbocycles. The van der Waals surface area contributed by atoms with Crippen molar-refractivity contribution in [2.75, 3.05) is 32.4 Å². The van der Waals surface area contributed by atoms with Gasteiger partial charge in [0.2, 0.25) is 0 Å². The Kier molecular flexibility index (Phi) is 8.42. The van der Waals surface area contributed by atoms with Crippen LogP contribution in [0.3, 0.4) is 0 Å². The van der Waals surface area contributed by atoms with E-state index in [2.05, 4.69) is 29.8 Å². The Balaban J connectivity index is 0.00000400. The zero-order valence-electron chi connectivity index (χ0n) is 12.7. The number of benzene rings is 1. The molecule has 4 nitrogen and oxygen atoms in total. The summed E-state index contributed by atoms with van der Waals surface area (Å²) in [6.45, 7) is 6.01. The van der Waals surface area contributed by atoms with Crippen LogP contribution in [0.5, 0.6) is 0 Å². The lowest BCUT2D eigenvalue weighted by molar-refractivity contribution is 0.224. The standard InChI is InChI=1S/C14H23BrN2O2S.ClH/c1-14(2,10-16)11-17(3)8-9-20(18,19)13-6-4-12(15)5-7-13;/h4-7H,8-11,16H2,1-3H3;1H. The molecule has 0 amide bonds. The van der Waals surface area contributed by atoms with Crippen LogP contribution in [-0.2, 0) is 9.84 Å². The first-order chi connectivity index (χ1) is 9.16. The van der Waals surface area contributed by atoms with Gasteiger partial charge in [-0.05, 0) is 43.3 Å². The van der Waals surface area contributed by atoms with E-state index in [4.69, 9.17) is 5.73 Å². The van der Waals surface area contributed by atoms with Crippen LogP contribution in [-0.4, -0.2) is 45.8 Å². The van der Waals surface area contributed by atoms with Crippen molar-refractivity contribution in [3.63, 3.8) is 0 Å². The van der Waals surface area contributed by atoms with E-state index in [1.807, 2.05) is 11.9 Å². The SMILES string of the molecule is CN(CCS(=O)(=O)c1ccc(Br)cc1)CC(C)(C)CN.Cl. The highest BCUT2D eigenvalue weighted by Crippen LogP contribution is 2.17. The maximum atomic E-state index is 12.2. The number of hydrogen-bond donors (Lipinski definition) is 1. The van der Waals surface area contributed by atoms with Gasteiger partial charge >= 0.3 is 0 Å². The second-order valence-electron chi connectivity index (χ2n) is 5.88. The summed E-state index contributed by atoms with van der Waals surface area (Å²) in [5.41, 5.74) is 5.69. The van der Waals surface area contributed by atoms with Crippen LogP contribution in [0.2, 0.25) is 0 Å². The van der Waals surface area contributed by atoms with Crippen LogP contribution in [0.15, 0.2) is 33.6 Å². The van der Waals surface area contributed by atoms with Crippen LogP contribution in [0.1, 0.15) is 13.8 Å². The molecule has 122 valence electrons. The maximum absolute atomic E-state index is 12.2. The van der Waals surface area contributed by atoms with E-state index in [1.54, 1.807) is 24.3 Å². The average molecular weight is 400 g/mol. The van der Waals surface area contributed by atoms with Gasteiger partial charge in [-0.15, -0.1) is 12.4 Å². The molecule has 0 saturated carbocycles. The van der Waals surface area contributed by atoms with Gasteiger partial charge in [0.25, 0.3) is 0 Å². The molecule has 21 heavy (non-hydrogen) atoms. The molecule has 1 aromatic rings. The minimum Gasteiger partial charge on any atom is -0.330 e. The molecule has 0 aromatic heterocycles. The molecule has 0 aliphatic carbocycles. The maximum Gasteiger partial charge on any atom is 0.179 e. The van der Waals surface area contributed by atoms with Crippen LogP contribution in [0, 0.1) is 5.41 Å². The Hall–Kier alpha value is -0.140. The third-order valence-corrected chi connectivity index (χ3v) is 5.40. The Morgan fingerprint density at radius 3 is 2.24 bits per heavy atom. The predicted molar refractivity (Wildman–Crippen MR) is 93.8 cm³/mol. The molecular formula is C14H24BrClN2O2S. The monoisotopic (exact) mass is 398 g/mol. The number of hydrogen-bond acceptors (Lipinski definition) is 4. The minimum atomic E-state index is -3.23. The van der Waals surface area contributed by atoms with Crippen molar-refractivity contribution in [2.45, 2.75) is 18.7 Å². The first-order valence-electron chi connectivity index (χ1n) is 6.53. The van der Waals surface area contributed by atoms with Crippen LogP contribution < -0.4 is 5.73 Å². The Bertz CT molecular complexity index is 532. The van der Waals surface area contributed by atoms with Gasteiger partial charge < -0.3 is 10.6 Å². The minimum absolute atomic E-state index is 0. The molecule has 0 heterocycles. The lowest BCUT2D eigenvalue weighted by Crippen LogP contribution is -2.38. The predicted octanol–water partition coefficient (Wildman–Crippen LogP) is 2.56. The Labute approximate surface area is 142 Å². The van der Waals surface area contributed by atoms with Gasteiger partial charge in [0.1, 0.15) is 0 Å². The summed E-state index contributed by atoms with van der Waals surface area (Å²) in [5.74, 6) is 0.117. The van der Waals surface area contributed by atoms with Crippen LogP contribution in [0.4, 0.5) is 0 Å². The van der Waals surface area contributed by atoms with E-state index in [-0.39, 0.29) is 23.6 Å². The Morgan fingerprint density at radius 2 is 1.76 bits per heavy atom. The largest absolute Gasteiger partial charge is 0.330 e. The van der Waals surface area contributed by atoms with Gasteiger partial charge in [0.05, 0.1) is 10.6 Å². The lowest BCUT2D eigenvalue weighted by atomic mass is 9.93. The highest BCUT2D eigenvalue weighted by atomic mass is 79.9. The molecule has 0 bridgehead atoms. The summed E-state index contributed by atoms with van der Waals surface area (Å²) in [6, 6.07) is 6.74. The van der Waals surface area contributed by atoms with Crippen molar-refractivity contribution in [1.82, 2.24) is 4.90 Å². The van der Waals surface area contributed by atoms with Gasteiger partial charge in [0, 0.05) is 17.6 Å². The molecule has 2 N–H and O–H groups in total. The quantitative estimate of drug-likeness (QED) is 0.765. The summed E-state index contributed by atoms with van der Waals surface area (Å²) < 4.78 is 25.3. The zero-order valence-corrected chi connectivity index (χ0v) is 15.9. The van der Waals surface area contributed by atoms with Crippen LogP contribution >= 0.6 is 28.3 Å². The first kappa shape index (κ1) is 20.9. The molecular weight excluding hydrogens is 376 g/mol. The summed E-state index contributed by atoms with van der Waals surface area (Å²) >= 11 is 3.30. The molecule has 0 aliphatic heterocycles.